The Labute approximate surface area is 170 Å². The van der Waals surface area contributed by atoms with Crippen molar-refractivity contribution in [3.63, 3.8) is 0 Å². The standard InChI is InChI=1S/C21H24ClN3O3/c1-14(21(27)25-11-10-15-6-4-5-7-18(15)25)24(2)13-20(26)23-17-12-16(22)8-9-19(17)28-3/h4-9,12,14H,10-11,13H2,1-3H3,(H,23,26)/t14-/m0/s1. The number of halogens is 1. The van der Waals surface area contributed by atoms with E-state index in [4.69, 9.17) is 16.3 Å². The average molecular weight is 402 g/mol. The summed E-state index contributed by atoms with van der Waals surface area (Å²) >= 11 is 6.00. The zero-order chi connectivity index (χ0) is 20.3. The number of methoxy groups -OCH3 is 1. The van der Waals surface area contributed by atoms with Gasteiger partial charge in [0.15, 0.2) is 0 Å². The monoisotopic (exact) mass is 401 g/mol. The lowest BCUT2D eigenvalue weighted by atomic mass is 10.2. The number of anilines is 2. The van der Waals surface area contributed by atoms with Gasteiger partial charge in [0.2, 0.25) is 11.8 Å². The molecule has 1 N–H and O–H groups in total. The summed E-state index contributed by atoms with van der Waals surface area (Å²) in [7, 11) is 3.29. The molecule has 1 aliphatic heterocycles. The first-order valence-electron chi connectivity index (χ1n) is 9.13. The van der Waals surface area contributed by atoms with Crippen LogP contribution in [0, 0.1) is 0 Å². The van der Waals surface area contributed by atoms with Crippen molar-refractivity contribution in [2.24, 2.45) is 0 Å². The van der Waals surface area contributed by atoms with Crippen LogP contribution in [0.25, 0.3) is 0 Å². The third-order valence-electron chi connectivity index (χ3n) is 5.00. The molecule has 0 bridgehead atoms. The number of amides is 2. The summed E-state index contributed by atoms with van der Waals surface area (Å²) in [6, 6.07) is 12.5. The fourth-order valence-electron chi connectivity index (χ4n) is 3.31. The number of fused-ring (bicyclic) bond motifs is 1. The fraction of sp³-hybridized carbons (Fsp3) is 0.333. The van der Waals surface area contributed by atoms with Crippen molar-refractivity contribution in [2.45, 2.75) is 19.4 Å². The highest BCUT2D eigenvalue weighted by Gasteiger charge is 2.30. The van der Waals surface area contributed by atoms with Crippen LogP contribution in [0.3, 0.4) is 0 Å². The molecule has 1 heterocycles. The van der Waals surface area contributed by atoms with Gasteiger partial charge < -0.3 is 15.0 Å². The zero-order valence-corrected chi connectivity index (χ0v) is 17.0. The van der Waals surface area contributed by atoms with Crippen molar-refractivity contribution in [2.75, 3.05) is 37.5 Å². The lowest BCUT2D eigenvalue weighted by Crippen LogP contribution is -2.47. The highest BCUT2D eigenvalue weighted by Crippen LogP contribution is 2.29. The normalized spacial score (nSPS) is 14.0. The van der Waals surface area contributed by atoms with Gasteiger partial charge in [-0.3, -0.25) is 14.5 Å². The molecule has 0 radical (unpaired) electrons. The highest BCUT2D eigenvalue weighted by atomic mass is 35.5. The Morgan fingerprint density at radius 1 is 1.29 bits per heavy atom. The minimum absolute atomic E-state index is 0.0133. The first-order chi connectivity index (χ1) is 13.4. The van der Waals surface area contributed by atoms with Crippen LogP contribution >= 0.6 is 11.6 Å². The minimum Gasteiger partial charge on any atom is -0.495 e. The van der Waals surface area contributed by atoms with Crippen LogP contribution < -0.4 is 15.0 Å². The molecular formula is C21H24ClN3O3. The number of nitrogens with zero attached hydrogens (tertiary/aromatic N) is 2. The molecule has 148 valence electrons. The molecule has 1 aliphatic rings. The summed E-state index contributed by atoms with van der Waals surface area (Å²) in [4.78, 5) is 29.0. The molecule has 2 amide bonds. The molecule has 0 saturated heterocycles. The molecule has 0 aromatic heterocycles. The van der Waals surface area contributed by atoms with E-state index in [0.29, 0.717) is 23.0 Å². The van der Waals surface area contributed by atoms with Crippen LogP contribution in [0.2, 0.25) is 5.02 Å². The van der Waals surface area contributed by atoms with Gasteiger partial charge in [0.25, 0.3) is 0 Å². The van der Waals surface area contributed by atoms with Crippen LogP contribution in [-0.4, -0.2) is 50.0 Å². The first-order valence-corrected chi connectivity index (χ1v) is 9.51. The van der Waals surface area contributed by atoms with E-state index in [-0.39, 0.29) is 18.4 Å². The van der Waals surface area contributed by atoms with E-state index in [0.717, 1.165) is 12.1 Å². The second kappa shape index (κ2) is 8.63. The molecule has 0 spiro atoms. The quantitative estimate of drug-likeness (QED) is 0.807. The molecule has 2 aromatic rings. The molecule has 0 aliphatic carbocycles. The molecule has 6 nitrogen and oxygen atoms in total. The van der Waals surface area contributed by atoms with Crippen LogP contribution in [0.1, 0.15) is 12.5 Å². The van der Waals surface area contributed by atoms with Crippen LogP contribution in [0.15, 0.2) is 42.5 Å². The number of likely N-dealkylation sites (N-methyl/N-ethyl adjacent to an activating group) is 1. The third kappa shape index (κ3) is 4.29. The number of benzene rings is 2. The molecule has 0 fully saturated rings. The Bertz CT molecular complexity index is 887. The van der Waals surface area contributed by atoms with E-state index in [9.17, 15) is 9.59 Å². The Morgan fingerprint density at radius 2 is 2.04 bits per heavy atom. The highest BCUT2D eigenvalue weighted by molar-refractivity contribution is 6.31. The molecule has 28 heavy (non-hydrogen) atoms. The van der Waals surface area contributed by atoms with Crippen molar-refractivity contribution >= 4 is 34.8 Å². The van der Waals surface area contributed by atoms with E-state index in [2.05, 4.69) is 5.32 Å². The second-order valence-electron chi connectivity index (χ2n) is 6.85. The van der Waals surface area contributed by atoms with Gasteiger partial charge in [-0.15, -0.1) is 0 Å². The number of carbonyl (C=O) groups excluding carboxylic acids is 2. The third-order valence-corrected chi connectivity index (χ3v) is 5.24. The van der Waals surface area contributed by atoms with Gasteiger partial charge in [-0.05, 0) is 50.2 Å². The molecule has 0 saturated carbocycles. The number of nitrogens with one attached hydrogen (secondary N) is 1. The topological polar surface area (TPSA) is 61.9 Å². The van der Waals surface area contributed by atoms with Gasteiger partial charge in [-0.1, -0.05) is 29.8 Å². The van der Waals surface area contributed by atoms with E-state index >= 15 is 0 Å². The van der Waals surface area contributed by atoms with Crippen molar-refractivity contribution in [1.82, 2.24) is 4.90 Å². The van der Waals surface area contributed by atoms with Gasteiger partial charge in [0.05, 0.1) is 25.4 Å². The smallest absolute Gasteiger partial charge is 0.244 e. The second-order valence-corrected chi connectivity index (χ2v) is 7.29. The maximum Gasteiger partial charge on any atom is 0.244 e. The molecule has 0 unspecified atom stereocenters. The number of hydrogen-bond acceptors (Lipinski definition) is 4. The van der Waals surface area contributed by atoms with Crippen LogP contribution in [0.5, 0.6) is 5.75 Å². The molecular weight excluding hydrogens is 378 g/mol. The number of para-hydroxylation sites is 1. The number of rotatable bonds is 6. The van der Waals surface area contributed by atoms with E-state index < -0.39 is 6.04 Å². The Balaban J connectivity index is 1.63. The zero-order valence-electron chi connectivity index (χ0n) is 16.2. The summed E-state index contributed by atoms with van der Waals surface area (Å²) < 4.78 is 5.24. The fourth-order valence-corrected chi connectivity index (χ4v) is 3.48. The van der Waals surface area contributed by atoms with Gasteiger partial charge in [0.1, 0.15) is 5.75 Å². The minimum atomic E-state index is -0.432. The molecule has 1 atom stereocenters. The first kappa shape index (κ1) is 20.2. The van der Waals surface area contributed by atoms with Gasteiger partial charge in [-0.25, -0.2) is 0 Å². The number of ether oxygens (including phenoxy) is 1. The summed E-state index contributed by atoms with van der Waals surface area (Å²) in [5.41, 5.74) is 2.64. The van der Waals surface area contributed by atoms with E-state index in [1.165, 1.54) is 12.7 Å². The maximum absolute atomic E-state index is 12.9. The van der Waals surface area contributed by atoms with Crippen LogP contribution in [0.4, 0.5) is 11.4 Å². The van der Waals surface area contributed by atoms with Crippen LogP contribution in [-0.2, 0) is 16.0 Å². The number of hydrogen-bond donors (Lipinski definition) is 1. The average Bonchev–Trinajstić information content (AvgIpc) is 3.11. The van der Waals surface area contributed by atoms with E-state index in [1.54, 1.807) is 35.0 Å². The van der Waals surface area contributed by atoms with Crippen molar-refractivity contribution in [3.8, 4) is 5.75 Å². The molecule has 3 rings (SSSR count). The summed E-state index contributed by atoms with van der Waals surface area (Å²) in [5.74, 6) is 0.267. The molecule has 2 aromatic carbocycles. The Kier molecular flexibility index (Phi) is 6.21. The lowest BCUT2D eigenvalue weighted by Gasteiger charge is -2.28. The Hall–Kier alpha value is -2.57. The van der Waals surface area contributed by atoms with Crippen molar-refractivity contribution < 1.29 is 14.3 Å². The van der Waals surface area contributed by atoms with Gasteiger partial charge in [0, 0.05) is 17.3 Å². The largest absolute Gasteiger partial charge is 0.495 e. The Morgan fingerprint density at radius 3 is 2.79 bits per heavy atom. The predicted octanol–water partition coefficient (Wildman–Crippen LogP) is 3.20. The summed E-state index contributed by atoms with van der Waals surface area (Å²) in [6.07, 6.45) is 0.855. The van der Waals surface area contributed by atoms with Gasteiger partial charge in [-0.2, -0.15) is 0 Å². The van der Waals surface area contributed by atoms with Gasteiger partial charge >= 0.3 is 0 Å². The summed E-state index contributed by atoms with van der Waals surface area (Å²) in [6.45, 7) is 2.55. The number of carbonyl (C=O) groups is 2. The molecule has 7 heteroatoms. The summed E-state index contributed by atoms with van der Waals surface area (Å²) in [5, 5.41) is 3.30. The van der Waals surface area contributed by atoms with Crippen molar-refractivity contribution in [3.05, 3.63) is 53.1 Å². The SMILES string of the molecule is COc1ccc(Cl)cc1NC(=O)CN(C)[C@@H](C)C(=O)N1CCc2ccccc21. The van der Waals surface area contributed by atoms with E-state index in [1.807, 2.05) is 31.2 Å². The maximum atomic E-state index is 12.9. The van der Waals surface area contributed by atoms with Crippen molar-refractivity contribution in [1.29, 1.82) is 0 Å². The predicted molar refractivity (Wildman–Crippen MR) is 111 cm³/mol. The lowest BCUT2D eigenvalue weighted by molar-refractivity contribution is -0.124.